The molecule has 0 aliphatic carbocycles. The van der Waals surface area contributed by atoms with Gasteiger partial charge in [-0.25, -0.2) is 4.98 Å². The number of aromatic nitrogens is 1. The van der Waals surface area contributed by atoms with Crippen molar-refractivity contribution >= 4 is 55.6 Å². The minimum Gasteiger partial charge on any atom is -0.308 e. The lowest BCUT2D eigenvalue weighted by molar-refractivity contribution is -0.384. The van der Waals surface area contributed by atoms with Gasteiger partial charge in [-0.05, 0) is 41.9 Å². The molecular weight excluding hydrogens is 384 g/mol. The van der Waals surface area contributed by atoms with E-state index in [4.69, 9.17) is 12.2 Å². The molecule has 0 atom stereocenters. The average Bonchev–Trinajstić information content (AvgIpc) is 3.02. The Kier molecular flexibility index (Phi) is 5.43. The van der Waals surface area contributed by atoms with Crippen molar-refractivity contribution in [2.45, 2.75) is 19.8 Å². The number of nitro groups is 1. The summed E-state index contributed by atoms with van der Waals surface area (Å²) in [7, 11) is 0. The molecule has 1 heterocycles. The Morgan fingerprint density at radius 1 is 1.22 bits per heavy atom. The van der Waals surface area contributed by atoms with E-state index < -0.39 is 4.92 Å². The van der Waals surface area contributed by atoms with E-state index in [1.807, 2.05) is 12.1 Å². The smallest absolute Gasteiger partial charge is 0.270 e. The van der Waals surface area contributed by atoms with Crippen LogP contribution in [0.4, 0.5) is 10.8 Å². The monoisotopic (exact) mass is 400 g/mol. The zero-order valence-electron chi connectivity index (χ0n) is 14.6. The molecule has 9 heteroatoms. The lowest BCUT2D eigenvalue weighted by Gasteiger charge is -2.09. The number of thiazole rings is 1. The fourth-order valence-corrected chi connectivity index (χ4v) is 3.56. The third-order valence-electron chi connectivity index (χ3n) is 3.87. The predicted octanol–water partition coefficient (Wildman–Crippen LogP) is 4.45. The van der Waals surface area contributed by atoms with Crippen molar-refractivity contribution in [3.8, 4) is 0 Å². The van der Waals surface area contributed by atoms with E-state index in [1.54, 1.807) is 18.2 Å². The van der Waals surface area contributed by atoms with Crippen LogP contribution in [0, 0.1) is 10.1 Å². The maximum absolute atomic E-state index is 12.3. The highest BCUT2D eigenvalue weighted by atomic mass is 32.1. The topological polar surface area (TPSA) is 97.2 Å². The van der Waals surface area contributed by atoms with Gasteiger partial charge < -0.3 is 5.32 Å². The molecule has 138 valence electrons. The summed E-state index contributed by atoms with van der Waals surface area (Å²) in [4.78, 5) is 27.0. The highest BCUT2D eigenvalue weighted by molar-refractivity contribution is 7.80. The number of non-ortho nitro benzene ring substituents is 1. The summed E-state index contributed by atoms with van der Waals surface area (Å²) >= 11 is 6.39. The van der Waals surface area contributed by atoms with Crippen LogP contribution in [0.15, 0.2) is 42.5 Å². The fourth-order valence-electron chi connectivity index (χ4n) is 2.40. The Hall–Kier alpha value is -2.91. The first kappa shape index (κ1) is 18.9. The Balaban J connectivity index is 1.67. The molecule has 7 nitrogen and oxygen atoms in total. The number of amides is 1. The second-order valence-electron chi connectivity index (χ2n) is 6.11. The van der Waals surface area contributed by atoms with Crippen molar-refractivity contribution in [2.24, 2.45) is 0 Å². The van der Waals surface area contributed by atoms with Crippen molar-refractivity contribution in [1.29, 1.82) is 0 Å². The van der Waals surface area contributed by atoms with Crippen LogP contribution in [0.5, 0.6) is 0 Å². The fraction of sp³-hybridized carbons (Fsp3) is 0.167. The SMILES string of the molecule is CC(C)c1ccc(C(=O)NC(=S)Nc2nc3ccc([N+](=O)[O-])cc3s2)cc1. The molecule has 0 saturated carbocycles. The Morgan fingerprint density at radius 2 is 1.93 bits per heavy atom. The van der Waals surface area contributed by atoms with Gasteiger partial charge in [-0.2, -0.15) is 0 Å². The number of nitrogens with one attached hydrogen (secondary N) is 2. The molecule has 0 saturated heterocycles. The zero-order valence-corrected chi connectivity index (χ0v) is 16.2. The third kappa shape index (κ3) is 4.44. The Morgan fingerprint density at radius 3 is 2.56 bits per heavy atom. The summed E-state index contributed by atoms with van der Waals surface area (Å²) in [5.41, 5.74) is 2.27. The van der Waals surface area contributed by atoms with E-state index >= 15 is 0 Å². The minimum atomic E-state index is -0.457. The van der Waals surface area contributed by atoms with Gasteiger partial charge in [0.25, 0.3) is 11.6 Å². The van der Waals surface area contributed by atoms with Gasteiger partial charge in [0.2, 0.25) is 0 Å². The first-order valence-corrected chi connectivity index (χ1v) is 9.33. The Bertz CT molecular complexity index is 1030. The maximum atomic E-state index is 12.3. The van der Waals surface area contributed by atoms with Crippen LogP contribution in [0.2, 0.25) is 0 Å². The number of thiocarbonyl (C=S) groups is 1. The van der Waals surface area contributed by atoms with E-state index in [-0.39, 0.29) is 16.7 Å². The van der Waals surface area contributed by atoms with Crippen molar-refractivity contribution in [3.63, 3.8) is 0 Å². The van der Waals surface area contributed by atoms with Crippen LogP contribution in [0.25, 0.3) is 10.2 Å². The third-order valence-corrected chi connectivity index (χ3v) is 5.01. The molecule has 0 radical (unpaired) electrons. The minimum absolute atomic E-state index is 0.00146. The molecule has 27 heavy (non-hydrogen) atoms. The van der Waals surface area contributed by atoms with Crippen molar-refractivity contribution in [2.75, 3.05) is 5.32 Å². The van der Waals surface area contributed by atoms with Crippen molar-refractivity contribution in [3.05, 3.63) is 63.7 Å². The van der Waals surface area contributed by atoms with E-state index in [2.05, 4.69) is 29.5 Å². The van der Waals surface area contributed by atoms with Crippen LogP contribution in [-0.2, 0) is 0 Å². The van der Waals surface area contributed by atoms with Gasteiger partial charge in [-0.1, -0.05) is 37.3 Å². The van der Waals surface area contributed by atoms with Gasteiger partial charge in [0.15, 0.2) is 10.2 Å². The number of fused-ring (bicyclic) bond motifs is 1. The van der Waals surface area contributed by atoms with E-state index in [0.717, 1.165) is 5.56 Å². The van der Waals surface area contributed by atoms with Gasteiger partial charge in [-0.15, -0.1) is 0 Å². The first-order valence-electron chi connectivity index (χ1n) is 8.11. The van der Waals surface area contributed by atoms with Crippen LogP contribution in [-0.4, -0.2) is 20.9 Å². The molecule has 0 fully saturated rings. The predicted molar refractivity (Wildman–Crippen MR) is 110 cm³/mol. The van der Waals surface area contributed by atoms with Crippen LogP contribution in [0.3, 0.4) is 0 Å². The number of carbonyl (C=O) groups excluding carboxylic acids is 1. The molecule has 0 unspecified atom stereocenters. The van der Waals surface area contributed by atoms with Crippen LogP contribution in [0.1, 0.15) is 35.7 Å². The molecule has 1 aromatic heterocycles. The summed E-state index contributed by atoms with van der Waals surface area (Å²) in [6.45, 7) is 4.17. The average molecular weight is 400 g/mol. The lowest BCUT2D eigenvalue weighted by Crippen LogP contribution is -2.34. The second-order valence-corrected chi connectivity index (χ2v) is 7.55. The highest BCUT2D eigenvalue weighted by Gasteiger charge is 2.13. The largest absolute Gasteiger partial charge is 0.308 e. The van der Waals surface area contributed by atoms with Gasteiger partial charge in [0, 0.05) is 17.7 Å². The number of hydrogen-bond acceptors (Lipinski definition) is 6. The van der Waals surface area contributed by atoms with Crippen LogP contribution >= 0.6 is 23.6 Å². The van der Waals surface area contributed by atoms with Gasteiger partial charge in [0.05, 0.1) is 15.1 Å². The summed E-state index contributed by atoms with van der Waals surface area (Å²) in [5, 5.41) is 16.9. The molecular formula is C18H16N4O3S2. The number of hydrogen-bond donors (Lipinski definition) is 2. The van der Waals surface area contributed by atoms with Gasteiger partial charge >= 0.3 is 0 Å². The Labute approximate surface area is 164 Å². The van der Waals surface area contributed by atoms with E-state index in [9.17, 15) is 14.9 Å². The molecule has 3 rings (SSSR count). The summed E-state index contributed by atoms with van der Waals surface area (Å²) in [6, 6.07) is 11.8. The lowest BCUT2D eigenvalue weighted by atomic mass is 10.0. The molecule has 0 aliphatic heterocycles. The first-order chi connectivity index (χ1) is 12.8. The molecule has 2 aromatic carbocycles. The number of nitrogens with zero attached hydrogens (tertiary/aromatic N) is 2. The molecule has 2 N–H and O–H groups in total. The summed E-state index contributed by atoms with van der Waals surface area (Å²) in [5.74, 6) is 0.0688. The summed E-state index contributed by atoms with van der Waals surface area (Å²) < 4.78 is 0.658. The summed E-state index contributed by atoms with van der Waals surface area (Å²) in [6.07, 6.45) is 0. The molecule has 0 spiro atoms. The standard InChI is InChI=1S/C18H16N4O3S2/c1-10(2)11-3-5-12(6-4-11)16(23)20-17(26)21-18-19-14-8-7-13(22(24)25)9-15(14)27-18/h3-10H,1-2H3,(H2,19,20,21,23,26). The molecule has 3 aromatic rings. The second kappa shape index (κ2) is 7.77. The van der Waals surface area contributed by atoms with Crippen LogP contribution < -0.4 is 10.6 Å². The number of benzene rings is 2. The normalized spacial score (nSPS) is 10.8. The van der Waals surface area contributed by atoms with E-state index in [0.29, 0.717) is 26.8 Å². The number of carbonyl (C=O) groups is 1. The van der Waals surface area contributed by atoms with Gasteiger partial charge in [0.1, 0.15) is 0 Å². The number of anilines is 1. The highest BCUT2D eigenvalue weighted by Crippen LogP contribution is 2.29. The van der Waals surface area contributed by atoms with Gasteiger partial charge in [-0.3, -0.25) is 20.2 Å². The van der Waals surface area contributed by atoms with Crippen molar-refractivity contribution in [1.82, 2.24) is 10.3 Å². The molecule has 0 bridgehead atoms. The van der Waals surface area contributed by atoms with Crippen molar-refractivity contribution < 1.29 is 9.72 Å². The number of rotatable bonds is 4. The molecule has 0 aliphatic rings. The number of nitro benzene ring substituents is 1. The maximum Gasteiger partial charge on any atom is 0.270 e. The van der Waals surface area contributed by atoms with E-state index in [1.165, 1.54) is 23.5 Å². The molecule has 1 amide bonds. The quantitative estimate of drug-likeness (QED) is 0.381. The zero-order chi connectivity index (χ0) is 19.6.